The minimum Gasteiger partial charge on any atom is -0.462 e. The van der Waals surface area contributed by atoms with Gasteiger partial charge in [0, 0.05) is 5.92 Å². The van der Waals surface area contributed by atoms with Crippen molar-refractivity contribution >= 4 is 12.1 Å². The number of carbonyl (C=O) groups excluding carboxylic acids is 2. The molecule has 5 atom stereocenters. The van der Waals surface area contributed by atoms with Gasteiger partial charge in [-0.25, -0.2) is 4.79 Å². The van der Waals surface area contributed by atoms with Gasteiger partial charge in [-0.2, -0.15) is 0 Å². The van der Waals surface area contributed by atoms with Gasteiger partial charge < -0.3 is 14.4 Å². The molecule has 0 radical (unpaired) electrons. The molecule has 156 valence electrons. The Morgan fingerprint density at radius 1 is 1.39 bits per heavy atom. The minimum atomic E-state index is -0.218. The minimum absolute atomic E-state index is 0.00295. The maximum Gasteiger partial charge on any atom is 0.410 e. The Hall–Kier alpha value is -1.56. The number of nitrogens with one attached hydrogen (secondary N) is 1. The first-order valence-corrected chi connectivity index (χ1v) is 11.0. The summed E-state index contributed by atoms with van der Waals surface area (Å²) in [6.45, 7) is 12.9. The predicted octanol–water partition coefficient (Wildman–Crippen LogP) is 1.66. The molecule has 0 spiro atoms. The van der Waals surface area contributed by atoms with Crippen molar-refractivity contribution in [3.8, 4) is 0 Å². The monoisotopic (exact) mass is 391 g/mol. The Kier molecular flexibility index (Phi) is 5.43. The lowest BCUT2D eigenvalue weighted by molar-refractivity contribution is -0.906. The molecule has 2 saturated heterocycles. The van der Waals surface area contributed by atoms with E-state index < -0.39 is 0 Å². The molecule has 1 N–H and O–H groups in total. The third-order valence-electron chi connectivity index (χ3n) is 7.83. The van der Waals surface area contributed by atoms with Crippen molar-refractivity contribution in [2.45, 2.75) is 52.1 Å². The molecule has 4 aliphatic rings. The van der Waals surface area contributed by atoms with E-state index in [9.17, 15) is 9.59 Å². The van der Waals surface area contributed by atoms with Gasteiger partial charge in [0.1, 0.15) is 12.0 Å². The molecule has 28 heavy (non-hydrogen) atoms. The summed E-state index contributed by atoms with van der Waals surface area (Å²) >= 11 is 0. The number of esters is 1. The van der Waals surface area contributed by atoms with Crippen LogP contribution >= 0.6 is 0 Å². The van der Waals surface area contributed by atoms with Crippen LogP contribution in [0.15, 0.2) is 12.2 Å². The molecule has 0 aromatic carbocycles. The van der Waals surface area contributed by atoms with Crippen LogP contribution in [0.5, 0.6) is 0 Å². The zero-order valence-corrected chi connectivity index (χ0v) is 17.4. The Bertz CT molecular complexity index is 642. The van der Waals surface area contributed by atoms with Crippen molar-refractivity contribution in [3.05, 3.63) is 12.2 Å². The van der Waals surface area contributed by atoms with Crippen LogP contribution in [0.4, 0.5) is 4.79 Å². The average Bonchev–Trinajstić information content (AvgIpc) is 2.95. The number of hydrogen-bond acceptors (Lipinski definition) is 4. The molecule has 6 heteroatoms. The molecule has 0 aromatic heterocycles. The van der Waals surface area contributed by atoms with Crippen molar-refractivity contribution in [1.29, 1.82) is 0 Å². The van der Waals surface area contributed by atoms with Gasteiger partial charge in [-0.05, 0) is 50.4 Å². The van der Waals surface area contributed by atoms with Crippen LogP contribution in [-0.4, -0.2) is 62.4 Å². The molecule has 4 fully saturated rings. The summed E-state index contributed by atoms with van der Waals surface area (Å²) in [5, 5.41) is 0. The van der Waals surface area contributed by atoms with E-state index >= 15 is 0 Å². The topological polar surface area (TPSA) is 60.3 Å². The fourth-order valence-corrected chi connectivity index (χ4v) is 6.22. The molecule has 2 heterocycles. The van der Waals surface area contributed by atoms with Crippen LogP contribution in [0.3, 0.4) is 0 Å². The molecule has 2 aliphatic heterocycles. The highest BCUT2D eigenvalue weighted by atomic mass is 16.6. The molecule has 0 unspecified atom stereocenters. The second kappa shape index (κ2) is 7.69. The van der Waals surface area contributed by atoms with Crippen molar-refractivity contribution in [2.75, 3.05) is 39.3 Å². The van der Waals surface area contributed by atoms with Crippen molar-refractivity contribution in [2.24, 2.45) is 23.2 Å². The van der Waals surface area contributed by atoms with Crippen LogP contribution < -0.4 is 4.90 Å². The van der Waals surface area contributed by atoms with Crippen LogP contribution in [0.1, 0.15) is 46.0 Å². The third kappa shape index (κ3) is 3.56. The van der Waals surface area contributed by atoms with Gasteiger partial charge in [0.15, 0.2) is 0 Å². The molecule has 0 aromatic rings. The van der Waals surface area contributed by atoms with Gasteiger partial charge in [-0.15, -0.1) is 0 Å². The summed E-state index contributed by atoms with van der Waals surface area (Å²) in [5.74, 6) is 0.864. The van der Waals surface area contributed by atoms with Gasteiger partial charge in [0.2, 0.25) is 0 Å². The summed E-state index contributed by atoms with van der Waals surface area (Å²) in [4.78, 5) is 27.8. The van der Waals surface area contributed by atoms with E-state index in [1.54, 1.807) is 4.90 Å². The standard InChI is InChI=1S/C22H34N2O4/c1-4-27-21(26)24-10-8-23(9-11-24)14-17-16-12-18-15(2)6-5-7-22(18,3)13-19(16)28-20(17)25/h16-19H,2,4-14H2,1,3H3/p+1/t16-,17+,18-,19+,22+/m1/s1. The summed E-state index contributed by atoms with van der Waals surface area (Å²) < 4.78 is 11.0. The zero-order valence-electron chi connectivity index (χ0n) is 17.4. The third-order valence-corrected chi connectivity index (χ3v) is 7.83. The van der Waals surface area contributed by atoms with Gasteiger partial charge in [0.05, 0.1) is 39.3 Å². The maximum absolute atomic E-state index is 12.7. The van der Waals surface area contributed by atoms with E-state index in [-0.39, 0.29) is 29.5 Å². The Balaban J connectivity index is 1.38. The number of rotatable bonds is 3. The fourth-order valence-electron chi connectivity index (χ4n) is 6.22. The van der Waals surface area contributed by atoms with E-state index in [1.807, 2.05) is 6.92 Å². The number of fused-ring (bicyclic) bond motifs is 2. The Labute approximate surface area is 168 Å². The first kappa shape index (κ1) is 19.7. The smallest absolute Gasteiger partial charge is 0.410 e. The first-order valence-electron chi connectivity index (χ1n) is 11.0. The lowest BCUT2D eigenvalue weighted by atomic mass is 9.55. The van der Waals surface area contributed by atoms with E-state index in [2.05, 4.69) is 13.5 Å². The van der Waals surface area contributed by atoms with Gasteiger partial charge >= 0.3 is 12.1 Å². The summed E-state index contributed by atoms with van der Waals surface area (Å²) in [6, 6.07) is 0. The van der Waals surface area contributed by atoms with E-state index in [0.29, 0.717) is 31.5 Å². The SMILES string of the molecule is C=C1CCC[C@@]2(C)C[C@@H]3OC(=O)[C@@H](C[NH+]4CCN(C(=O)OCC)CC4)[C@H]3C[C@H]12. The van der Waals surface area contributed by atoms with E-state index in [0.717, 1.165) is 38.9 Å². The number of amides is 1. The van der Waals surface area contributed by atoms with Gasteiger partial charge in [-0.3, -0.25) is 9.69 Å². The second-order valence-electron chi connectivity index (χ2n) is 9.54. The first-order chi connectivity index (χ1) is 13.4. The lowest BCUT2D eigenvalue weighted by Gasteiger charge is -2.50. The highest BCUT2D eigenvalue weighted by Gasteiger charge is 2.56. The van der Waals surface area contributed by atoms with E-state index in [4.69, 9.17) is 9.47 Å². The molecule has 6 nitrogen and oxygen atoms in total. The highest BCUT2D eigenvalue weighted by molar-refractivity contribution is 5.75. The molecule has 1 amide bonds. The average molecular weight is 392 g/mol. The summed E-state index contributed by atoms with van der Waals surface area (Å²) in [6.07, 6.45) is 5.50. The highest BCUT2D eigenvalue weighted by Crippen LogP contribution is 2.56. The van der Waals surface area contributed by atoms with Crippen LogP contribution in [0.2, 0.25) is 0 Å². The Morgan fingerprint density at radius 3 is 2.86 bits per heavy atom. The summed E-state index contributed by atoms with van der Waals surface area (Å²) in [5.41, 5.74) is 1.64. The number of piperazine rings is 1. The number of allylic oxidation sites excluding steroid dienone is 1. The number of nitrogens with zero attached hydrogens (tertiary/aromatic N) is 1. The number of quaternary nitrogens is 1. The normalized spacial score (nSPS) is 38.6. The molecule has 2 saturated carbocycles. The lowest BCUT2D eigenvalue weighted by Crippen LogP contribution is -3.15. The summed E-state index contributed by atoms with van der Waals surface area (Å²) in [7, 11) is 0. The second-order valence-corrected chi connectivity index (χ2v) is 9.54. The number of hydrogen-bond donors (Lipinski definition) is 1. The van der Waals surface area contributed by atoms with Gasteiger partial charge in [-0.1, -0.05) is 19.1 Å². The molecule has 0 bridgehead atoms. The number of ether oxygens (including phenoxy) is 2. The predicted molar refractivity (Wildman–Crippen MR) is 105 cm³/mol. The van der Waals surface area contributed by atoms with Crippen LogP contribution in [0.25, 0.3) is 0 Å². The maximum atomic E-state index is 12.7. The fraction of sp³-hybridized carbons (Fsp3) is 0.818. The number of carbonyl (C=O) groups is 2. The van der Waals surface area contributed by atoms with Crippen molar-refractivity contribution in [3.63, 3.8) is 0 Å². The van der Waals surface area contributed by atoms with E-state index in [1.165, 1.54) is 23.3 Å². The zero-order chi connectivity index (χ0) is 19.9. The van der Waals surface area contributed by atoms with Crippen LogP contribution in [0, 0.1) is 23.2 Å². The van der Waals surface area contributed by atoms with Crippen molar-refractivity contribution in [1.82, 2.24) is 4.90 Å². The van der Waals surface area contributed by atoms with Crippen LogP contribution in [-0.2, 0) is 14.3 Å². The van der Waals surface area contributed by atoms with Crippen molar-refractivity contribution < 1.29 is 24.0 Å². The molecule has 4 rings (SSSR count). The van der Waals surface area contributed by atoms with Gasteiger partial charge in [0.25, 0.3) is 0 Å². The molecule has 2 aliphatic carbocycles. The molecular weight excluding hydrogens is 356 g/mol. The quantitative estimate of drug-likeness (QED) is 0.587. The Morgan fingerprint density at radius 2 is 2.14 bits per heavy atom. The molecular formula is C22H35N2O4+. The largest absolute Gasteiger partial charge is 0.462 e.